The lowest BCUT2D eigenvalue weighted by Gasteiger charge is -2.14. The van der Waals surface area contributed by atoms with Gasteiger partial charge >= 0.3 is 0 Å². The number of nitrogens with two attached hydrogens (primary N) is 1. The highest BCUT2D eigenvalue weighted by atomic mass is 32.2. The minimum atomic E-state index is -3.48. The fourth-order valence-corrected chi connectivity index (χ4v) is 5.51. The topological polar surface area (TPSA) is 81.4 Å². The predicted molar refractivity (Wildman–Crippen MR) is 75.7 cm³/mol. The van der Waals surface area contributed by atoms with Crippen LogP contribution in [0, 0.1) is 6.92 Å². The molecule has 2 atom stereocenters. The first-order chi connectivity index (χ1) is 8.97. The summed E-state index contributed by atoms with van der Waals surface area (Å²) in [4.78, 5) is 1.08. The van der Waals surface area contributed by atoms with Crippen LogP contribution in [0.5, 0.6) is 0 Å². The van der Waals surface area contributed by atoms with Crippen molar-refractivity contribution in [1.29, 1.82) is 0 Å². The molecule has 2 unspecified atom stereocenters. The lowest BCUT2D eigenvalue weighted by molar-refractivity contribution is 0.107. The Hall–Kier alpha value is -0.470. The van der Waals surface area contributed by atoms with E-state index in [4.69, 9.17) is 10.5 Å². The molecule has 1 aromatic heterocycles. The summed E-state index contributed by atoms with van der Waals surface area (Å²) in [6, 6.07) is -0.0418. The molecule has 19 heavy (non-hydrogen) atoms. The number of aryl methyl sites for hydroxylation is 1. The zero-order valence-corrected chi connectivity index (χ0v) is 12.8. The van der Waals surface area contributed by atoms with Gasteiger partial charge in [0.05, 0.1) is 6.10 Å². The molecule has 108 valence electrons. The molecule has 0 aliphatic heterocycles. The molecule has 2 rings (SSSR count). The van der Waals surface area contributed by atoms with E-state index in [9.17, 15) is 8.42 Å². The standard InChI is InChI=1S/C12H20N2O3S2/c1-8-7-18-11(6-13)12(8)19(15,16)14-9-3-4-10(5-9)17-2/h7,9-10,14H,3-6,13H2,1-2H3. The van der Waals surface area contributed by atoms with Crippen LogP contribution in [0.4, 0.5) is 0 Å². The van der Waals surface area contributed by atoms with Crippen molar-refractivity contribution in [2.24, 2.45) is 5.73 Å². The Balaban J connectivity index is 2.17. The quantitative estimate of drug-likeness (QED) is 0.860. The smallest absolute Gasteiger partial charge is 0.242 e. The highest BCUT2D eigenvalue weighted by molar-refractivity contribution is 7.89. The van der Waals surface area contributed by atoms with E-state index in [1.807, 2.05) is 5.38 Å². The highest BCUT2D eigenvalue weighted by Gasteiger charge is 2.30. The van der Waals surface area contributed by atoms with E-state index in [0.29, 0.717) is 9.77 Å². The van der Waals surface area contributed by atoms with E-state index < -0.39 is 10.0 Å². The van der Waals surface area contributed by atoms with Crippen molar-refractivity contribution in [3.63, 3.8) is 0 Å². The van der Waals surface area contributed by atoms with Gasteiger partial charge in [0.1, 0.15) is 4.90 Å². The largest absolute Gasteiger partial charge is 0.381 e. The van der Waals surface area contributed by atoms with Crippen molar-refractivity contribution in [2.45, 2.75) is 49.8 Å². The van der Waals surface area contributed by atoms with Gasteiger partial charge in [-0.3, -0.25) is 0 Å². The van der Waals surface area contributed by atoms with Crippen molar-refractivity contribution in [1.82, 2.24) is 4.72 Å². The van der Waals surface area contributed by atoms with Crippen molar-refractivity contribution >= 4 is 21.4 Å². The molecule has 1 heterocycles. The van der Waals surface area contributed by atoms with Crippen molar-refractivity contribution < 1.29 is 13.2 Å². The van der Waals surface area contributed by atoms with Crippen LogP contribution in [0.2, 0.25) is 0 Å². The Morgan fingerprint density at radius 1 is 1.53 bits per heavy atom. The Bertz CT molecular complexity index is 539. The third-order valence-electron chi connectivity index (χ3n) is 3.48. The molecule has 1 aliphatic carbocycles. The third kappa shape index (κ3) is 3.17. The van der Waals surface area contributed by atoms with Crippen LogP contribution >= 0.6 is 11.3 Å². The molecule has 0 radical (unpaired) electrons. The van der Waals surface area contributed by atoms with Crippen LogP contribution in [-0.2, 0) is 21.3 Å². The summed E-state index contributed by atoms with van der Waals surface area (Å²) < 4.78 is 32.9. The maximum Gasteiger partial charge on any atom is 0.242 e. The van der Waals surface area contributed by atoms with Gasteiger partial charge in [0.2, 0.25) is 10.0 Å². The average molecular weight is 304 g/mol. The zero-order valence-electron chi connectivity index (χ0n) is 11.2. The minimum absolute atomic E-state index is 0.0418. The van der Waals surface area contributed by atoms with E-state index >= 15 is 0 Å². The van der Waals surface area contributed by atoms with Crippen molar-refractivity contribution in [3.8, 4) is 0 Å². The lowest BCUT2D eigenvalue weighted by Crippen LogP contribution is -2.34. The fraction of sp³-hybridized carbons (Fsp3) is 0.667. The minimum Gasteiger partial charge on any atom is -0.381 e. The Labute approximate surface area is 118 Å². The molecule has 0 bridgehead atoms. The maximum atomic E-state index is 12.4. The summed E-state index contributed by atoms with van der Waals surface area (Å²) in [7, 11) is -1.82. The molecular weight excluding hydrogens is 284 g/mol. The summed E-state index contributed by atoms with van der Waals surface area (Å²) in [5.74, 6) is 0. The number of methoxy groups -OCH3 is 1. The fourth-order valence-electron chi connectivity index (χ4n) is 2.53. The van der Waals surface area contributed by atoms with E-state index in [1.165, 1.54) is 11.3 Å². The molecule has 1 aliphatic rings. The average Bonchev–Trinajstić information content (AvgIpc) is 2.95. The molecule has 5 nitrogen and oxygen atoms in total. The van der Waals surface area contributed by atoms with Gasteiger partial charge in [-0.1, -0.05) is 0 Å². The molecule has 1 aromatic rings. The van der Waals surface area contributed by atoms with E-state index in [2.05, 4.69) is 4.72 Å². The van der Waals surface area contributed by atoms with Gasteiger partial charge in [-0.15, -0.1) is 11.3 Å². The summed E-state index contributed by atoms with van der Waals surface area (Å²) >= 11 is 1.40. The monoisotopic (exact) mass is 304 g/mol. The van der Waals surface area contributed by atoms with Crippen LogP contribution in [0.1, 0.15) is 29.7 Å². The third-order valence-corrected chi connectivity index (χ3v) is 6.49. The van der Waals surface area contributed by atoms with Crippen LogP contribution < -0.4 is 10.5 Å². The van der Waals surface area contributed by atoms with E-state index in [1.54, 1.807) is 14.0 Å². The van der Waals surface area contributed by atoms with Gasteiger partial charge in [-0.05, 0) is 37.1 Å². The van der Waals surface area contributed by atoms with Gasteiger partial charge in [0.15, 0.2) is 0 Å². The second-order valence-corrected chi connectivity index (χ2v) is 7.48. The number of ether oxygens (including phenoxy) is 1. The summed E-state index contributed by atoms with van der Waals surface area (Å²) in [5.41, 5.74) is 6.37. The SMILES string of the molecule is COC1CCC(NS(=O)(=O)c2c(C)csc2CN)C1. The van der Waals surface area contributed by atoms with E-state index in [-0.39, 0.29) is 18.7 Å². The van der Waals surface area contributed by atoms with Gasteiger partial charge in [0, 0.05) is 24.6 Å². The van der Waals surface area contributed by atoms with Gasteiger partial charge in [0.25, 0.3) is 0 Å². The number of hydrogen-bond acceptors (Lipinski definition) is 5. The van der Waals surface area contributed by atoms with Crippen LogP contribution in [0.15, 0.2) is 10.3 Å². The number of thiophene rings is 1. The van der Waals surface area contributed by atoms with Crippen LogP contribution in [0.3, 0.4) is 0 Å². The Morgan fingerprint density at radius 2 is 2.26 bits per heavy atom. The number of sulfonamides is 1. The molecule has 0 spiro atoms. The maximum absolute atomic E-state index is 12.4. The molecule has 0 amide bonds. The molecule has 3 N–H and O–H groups in total. The molecule has 1 fully saturated rings. The van der Waals surface area contributed by atoms with Crippen LogP contribution in [-0.4, -0.2) is 27.7 Å². The summed E-state index contributed by atoms with van der Waals surface area (Å²) in [5, 5.41) is 1.84. The first-order valence-corrected chi connectivity index (χ1v) is 8.66. The highest BCUT2D eigenvalue weighted by Crippen LogP contribution is 2.28. The first kappa shape index (κ1) is 14.9. The molecule has 7 heteroatoms. The molecule has 1 saturated carbocycles. The van der Waals surface area contributed by atoms with Crippen molar-refractivity contribution in [3.05, 3.63) is 15.8 Å². The van der Waals surface area contributed by atoms with Crippen molar-refractivity contribution in [2.75, 3.05) is 7.11 Å². The molecule has 0 saturated heterocycles. The summed E-state index contributed by atoms with van der Waals surface area (Å²) in [6.45, 7) is 2.05. The number of hydrogen-bond donors (Lipinski definition) is 2. The Morgan fingerprint density at radius 3 is 2.84 bits per heavy atom. The number of rotatable bonds is 5. The molecular formula is C12H20N2O3S2. The lowest BCUT2D eigenvalue weighted by atomic mass is 10.3. The second kappa shape index (κ2) is 5.88. The second-order valence-electron chi connectivity index (χ2n) is 4.86. The zero-order chi connectivity index (χ0) is 14.0. The molecule has 0 aromatic carbocycles. The van der Waals surface area contributed by atoms with Crippen LogP contribution in [0.25, 0.3) is 0 Å². The van der Waals surface area contributed by atoms with Gasteiger partial charge in [-0.2, -0.15) is 0 Å². The Kier molecular flexibility index (Phi) is 4.62. The van der Waals surface area contributed by atoms with E-state index in [0.717, 1.165) is 24.8 Å². The van der Waals surface area contributed by atoms with Gasteiger partial charge < -0.3 is 10.5 Å². The first-order valence-electron chi connectivity index (χ1n) is 6.30. The summed E-state index contributed by atoms with van der Waals surface area (Å²) in [6.07, 6.45) is 2.61. The van der Waals surface area contributed by atoms with Gasteiger partial charge in [-0.25, -0.2) is 13.1 Å². The predicted octanol–water partition coefficient (Wildman–Crippen LogP) is 1.36. The number of nitrogens with one attached hydrogen (secondary N) is 1. The normalized spacial score (nSPS) is 23.9.